The van der Waals surface area contributed by atoms with Crippen LogP contribution in [-0.2, 0) is 39.3 Å². The maximum atomic E-state index is 11.9. The first-order valence-electron chi connectivity index (χ1n) is 35.8. The predicted octanol–water partition coefficient (Wildman–Crippen LogP) is 20.3. The number of rotatable bonds is 23. The average molecular weight is 1440 g/mol. The quantitative estimate of drug-likeness (QED) is 0.0416. The third-order valence-corrected chi connectivity index (χ3v) is 21.8. The summed E-state index contributed by atoms with van der Waals surface area (Å²) in [4.78, 5) is 7.38. The number of aliphatic hydroxyl groups is 1. The van der Waals surface area contributed by atoms with E-state index in [0.717, 1.165) is 115 Å². The number of phenols is 2. The molecular formula is C86H95IN2O10. The Hall–Kier alpha value is -7.44. The van der Waals surface area contributed by atoms with Crippen LogP contribution in [-0.4, -0.2) is 77.9 Å². The molecule has 1 aliphatic carbocycles. The van der Waals surface area contributed by atoms with E-state index in [2.05, 4.69) is 210 Å². The molecule has 0 saturated carbocycles. The van der Waals surface area contributed by atoms with Gasteiger partial charge >= 0.3 is 0 Å². The van der Waals surface area contributed by atoms with Crippen molar-refractivity contribution in [3.63, 3.8) is 0 Å². The van der Waals surface area contributed by atoms with Crippen LogP contribution in [0, 0.1) is 3.57 Å². The number of fused-ring (bicyclic) bond motifs is 5. The molecule has 8 aromatic rings. The van der Waals surface area contributed by atoms with E-state index in [1.165, 1.54) is 47.6 Å². The molecular weight excluding hydrogens is 1350 g/mol. The first-order valence-corrected chi connectivity index (χ1v) is 36.9. The summed E-state index contributed by atoms with van der Waals surface area (Å²) in [5, 5.41) is 37.5. The van der Waals surface area contributed by atoms with E-state index in [-0.39, 0.29) is 53.5 Å². The van der Waals surface area contributed by atoms with Crippen LogP contribution >= 0.6 is 22.6 Å². The van der Waals surface area contributed by atoms with E-state index < -0.39 is 30.4 Å². The Labute approximate surface area is 598 Å². The van der Waals surface area contributed by atoms with Gasteiger partial charge < -0.3 is 53.4 Å². The summed E-state index contributed by atoms with van der Waals surface area (Å²) in [7, 11) is 4.07. The van der Waals surface area contributed by atoms with Gasteiger partial charge in [-0.25, -0.2) is 0 Å². The number of halogens is 1. The normalized spacial score (nSPS) is 24.5. The third-order valence-electron chi connectivity index (χ3n) is 20.9. The molecule has 5 aliphatic rings. The summed E-state index contributed by atoms with van der Waals surface area (Å²) in [6.07, 6.45) is 16.0. The molecule has 0 bridgehead atoms. The van der Waals surface area contributed by atoms with Gasteiger partial charge in [0.05, 0.1) is 42.7 Å². The molecule has 0 radical (unpaired) electrons. The van der Waals surface area contributed by atoms with Gasteiger partial charge in [0.25, 0.3) is 0 Å². The van der Waals surface area contributed by atoms with E-state index in [4.69, 9.17) is 38.2 Å². The number of likely N-dealkylation sites (N-methyl/N-ethyl adjacent to an activating group) is 1. The molecule has 8 aromatic carbocycles. The largest absolute Gasteiger partial charge is 0.508 e. The van der Waals surface area contributed by atoms with Gasteiger partial charge in [0.2, 0.25) is 0 Å². The Bertz CT molecular complexity index is 4360. The SMILES string of the molecule is CCCC1CC(CC(O)CCCC2CC(CCCC3CC(CC)OC(c4cccc(O)c4)O3)OC(c3cccc(O)c3)O2)OC(c2cccc(OC3=C(/C=C/C(=NC)C(C)(C)c4c(I)ccc5ccccc45)c4ccccc4/C3=C\C=C3\N(C)c4ccc5ccccc5c4C3(C)C)c2)O1. The highest BCUT2D eigenvalue weighted by Gasteiger charge is 2.41. The van der Waals surface area contributed by atoms with Crippen molar-refractivity contribution in [3.05, 3.63) is 248 Å². The van der Waals surface area contributed by atoms with Gasteiger partial charge in [-0.3, -0.25) is 4.99 Å². The minimum absolute atomic E-state index is 0.00246. The van der Waals surface area contributed by atoms with Crippen LogP contribution in [0.5, 0.6) is 17.2 Å². The molecule has 13 rings (SSSR count). The smallest absolute Gasteiger partial charge is 0.184 e. The van der Waals surface area contributed by atoms with E-state index in [1.54, 1.807) is 24.3 Å². The maximum Gasteiger partial charge on any atom is 0.184 e. The lowest BCUT2D eigenvalue weighted by atomic mass is 9.77. The number of anilines is 1. The number of aliphatic imine (C=N–C) groups is 1. The van der Waals surface area contributed by atoms with Crippen molar-refractivity contribution >= 4 is 66.7 Å². The minimum Gasteiger partial charge on any atom is -0.508 e. The molecule has 3 N–H and O–H groups in total. The number of aliphatic hydroxyl groups excluding tert-OH is 1. The fourth-order valence-electron chi connectivity index (χ4n) is 15.9. The first-order chi connectivity index (χ1) is 47.9. The number of benzene rings is 8. The second kappa shape index (κ2) is 30.8. The van der Waals surface area contributed by atoms with Crippen molar-refractivity contribution in [2.75, 3.05) is 19.0 Å². The Morgan fingerprint density at radius 1 is 0.626 bits per heavy atom. The van der Waals surface area contributed by atoms with Crippen LogP contribution < -0.4 is 9.64 Å². The average Bonchev–Trinajstić information content (AvgIpc) is 1.62. The second-order valence-electron chi connectivity index (χ2n) is 28.6. The molecule has 99 heavy (non-hydrogen) atoms. The summed E-state index contributed by atoms with van der Waals surface area (Å²) in [6.45, 7) is 13.5. The fraction of sp³-hybridized carbons (Fsp3) is 0.384. The lowest BCUT2D eigenvalue weighted by molar-refractivity contribution is -0.255. The Morgan fingerprint density at radius 3 is 1.82 bits per heavy atom. The number of ether oxygens (including phenoxy) is 7. The summed E-state index contributed by atoms with van der Waals surface area (Å²) in [5.74, 6) is 1.73. The number of hydrogen-bond acceptors (Lipinski definition) is 12. The van der Waals surface area contributed by atoms with Crippen molar-refractivity contribution in [1.29, 1.82) is 0 Å². The third kappa shape index (κ3) is 15.4. The van der Waals surface area contributed by atoms with Crippen LogP contribution in [0.4, 0.5) is 5.69 Å². The topological polar surface area (TPSA) is 141 Å². The second-order valence-corrected chi connectivity index (χ2v) is 29.7. The van der Waals surface area contributed by atoms with Crippen LogP contribution in [0.2, 0.25) is 0 Å². The van der Waals surface area contributed by atoms with E-state index in [1.807, 2.05) is 43.4 Å². The van der Waals surface area contributed by atoms with Crippen LogP contribution in [0.1, 0.15) is 183 Å². The van der Waals surface area contributed by atoms with Gasteiger partial charge in [0.1, 0.15) is 23.0 Å². The molecule has 0 spiro atoms. The lowest BCUT2D eigenvalue weighted by Gasteiger charge is -2.38. The van der Waals surface area contributed by atoms with Gasteiger partial charge in [0.15, 0.2) is 18.9 Å². The zero-order chi connectivity index (χ0) is 69.0. The molecule has 0 aromatic heterocycles. The van der Waals surface area contributed by atoms with E-state index in [0.29, 0.717) is 25.0 Å². The Balaban J connectivity index is 0.729. The zero-order valence-corrected chi connectivity index (χ0v) is 60.6. The number of nitrogens with zero attached hydrogens (tertiary/aromatic N) is 2. The summed E-state index contributed by atoms with van der Waals surface area (Å²) < 4.78 is 48.4. The number of phenolic OH excluding ortho intramolecular Hbond substituents is 2. The maximum absolute atomic E-state index is 11.9. The molecule has 10 unspecified atom stereocenters. The van der Waals surface area contributed by atoms with Gasteiger partial charge in [-0.15, -0.1) is 0 Å². The van der Waals surface area contributed by atoms with E-state index >= 15 is 0 Å². The highest BCUT2D eigenvalue weighted by atomic mass is 127. The lowest BCUT2D eigenvalue weighted by Crippen LogP contribution is -2.36. The molecule has 3 saturated heterocycles. The van der Waals surface area contributed by atoms with Crippen molar-refractivity contribution in [1.82, 2.24) is 0 Å². The minimum atomic E-state index is -0.682. The van der Waals surface area contributed by atoms with Gasteiger partial charge in [-0.2, -0.15) is 0 Å². The highest BCUT2D eigenvalue weighted by Crippen LogP contribution is 2.52. The number of hydrogen-bond donors (Lipinski definition) is 3. The molecule has 0 amide bonds. The predicted molar refractivity (Wildman–Crippen MR) is 405 cm³/mol. The monoisotopic (exact) mass is 1440 g/mol. The van der Waals surface area contributed by atoms with Crippen LogP contribution in [0.25, 0.3) is 32.7 Å². The fourth-order valence-corrected chi connectivity index (χ4v) is 17.1. The first kappa shape index (κ1) is 70.0. The zero-order valence-electron chi connectivity index (χ0n) is 58.4. The van der Waals surface area contributed by atoms with Crippen molar-refractivity contribution in [3.8, 4) is 17.2 Å². The highest BCUT2D eigenvalue weighted by molar-refractivity contribution is 14.1. The molecule has 13 heteroatoms. The Kier molecular flexibility index (Phi) is 21.8. The molecule has 12 nitrogen and oxygen atoms in total. The van der Waals surface area contributed by atoms with E-state index in [9.17, 15) is 15.3 Å². The molecule has 516 valence electrons. The van der Waals surface area contributed by atoms with Gasteiger partial charge in [0, 0.05) is 92.7 Å². The van der Waals surface area contributed by atoms with Crippen molar-refractivity contribution in [2.45, 2.75) is 197 Å². The number of aromatic hydroxyl groups is 2. The molecule has 3 fully saturated rings. The van der Waals surface area contributed by atoms with Crippen molar-refractivity contribution in [2.24, 2.45) is 4.99 Å². The molecule has 10 atom stereocenters. The summed E-state index contributed by atoms with van der Waals surface area (Å²) >= 11 is 2.48. The summed E-state index contributed by atoms with van der Waals surface area (Å²) in [6, 6.07) is 57.2. The Morgan fingerprint density at radius 2 is 1.17 bits per heavy atom. The summed E-state index contributed by atoms with van der Waals surface area (Å²) in [5.41, 5.74) is 11.6. The van der Waals surface area contributed by atoms with Crippen LogP contribution in [0.15, 0.2) is 211 Å². The molecule has 4 heterocycles. The van der Waals surface area contributed by atoms with Crippen LogP contribution in [0.3, 0.4) is 0 Å². The van der Waals surface area contributed by atoms with Crippen molar-refractivity contribution < 1.29 is 48.5 Å². The molecule has 4 aliphatic heterocycles. The van der Waals surface area contributed by atoms with Gasteiger partial charge in [-0.1, -0.05) is 169 Å². The standard InChI is InChI=1S/C86H95IN2O10/c1-9-22-63-53-68(50-61(92)30-20-32-66-52-67(98-83(97-66)57-26-18-29-60(91)48-57)34-21-33-65-51-62(10-2)94-82(96-65)56-25-17-28-59(90)47-56)99-84(95-63)58-27-19-31-64(49-58)93-81-73(41-45-77(88-7)85(3,4)79-69-35-13-11-23-54(69)39-43-75(79)87)71-37-15-16-38-72(71)74(81)42-46-78-86(5,6)80-70-36-14-12-24-55(70)40-44-76(80)89(78)8/h11-19,23-29,31,35-49,61-63,65-68,82-84,90-92H,9-10,20-22,30,32-34,50-53H2,1-8H3/b45-41+,74-42+,78-46+,88-77?. The number of allylic oxidation sites excluding steroid dienone is 7. The van der Waals surface area contributed by atoms with Gasteiger partial charge in [-0.05, 0) is 197 Å².